The van der Waals surface area contributed by atoms with Crippen LogP contribution in [0.3, 0.4) is 0 Å². The maximum Gasteiger partial charge on any atom is 0.303 e. The van der Waals surface area contributed by atoms with Crippen molar-refractivity contribution in [1.29, 1.82) is 0 Å². The fourth-order valence-corrected chi connectivity index (χ4v) is 2.54. The van der Waals surface area contributed by atoms with Gasteiger partial charge in [0, 0.05) is 6.92 Å². The average Bonchev–Trinajstić information content (AvgIpc) is 2.33. The average molecular weight is 234 g/mol. The Hall–Kier alpha value is -1.35. The van der Waals surface area contributed by atoms with Gasteiger partial charge in [-0.1, -0.05) is 30.3 Å². The maximum absolute atomic E-state index is 11.1. The van der Waals surface area contributed by atoms with E-state index < -0.39 is 11.7 Å². The molecule has 0 spiro atoms. The fourth-order valence-electron chi connectivity index (χ4n) is 2.54. The van der Waals surface area contributed by atoms with Crippen LogP contribution in [0.2, 0.25) is 0 Å². The maximum atomic E-state index is 11.1. The van der Waals surface area contributed by atoms with Gasteiger partial charge in [0.25, 0.3) is 0 Å². The standard InChI is InChI=1S/C14H18O3/c1-11(15)17-13-9-5-6-10-14(13,16)12-7-3-2-4-8-12/h2-4,7-8,13,16H,5-6,9-10H2,1H3. The summed E-state index contributed by atoms with van der Waals surface area (Å²) in [6, 6.07) is 9.49. The largest absolute Gasteiger partial charge is 0.459 e. The lowest BCUT2D eigenvalue weighted by molar-refractivity contribution is -0.171. The zero-order valence-electron chi connectivity index (χ0n) is 10.1. The van der Waals surface area contributed by atoms with E-state index in [1.165, 1.54) is 6.92 Å². The van der Waals surface area contributed by atoms with Crippen molar-refractivity contribution in [3.63, 3.8) is 0 Å². The SMILES string of the molecule is CC(=O)OC1CCCCC1(O)c1ccccc1. The molecule has 92 valence electrons. The van der Waals surface area contributed by atoms with Crippen LogP contribution in [-0.4, -0.2) is 17.2 Å². The third-order valence-electron chi connectivity index (χ3n) is 3.39. The summed E-state index contributed by atoms with van der Waals surface area (Å²) in [5, 5.41) is 10.8. The molecule has 0 saturated heterocycles. The van der Waals surface area contributed by atoms with Gasteiger partial charge in [0.15, 0.2) is 0 Å². The number of carbonyl (C=O) groups is 1. The molecule has 1 aromatic carbocycles. The predicted octanol–water partition coefficient (Wildman–Crippen LogP) is 2.38. The number of rotatable bonds is 2. The van der Waals surface area contributed by atoms with Gasteiger partial charge in [-0.25, -0.2) is 0 Å². The summed E-state index contributed by atoms with van der Waals surface area (Å²) < 4.78 is 5.27. The number of ether oxygens (including phenoxy) is 1. The molecule has 2 atom stereocenters. The second kappa shape index (κ2) is 4.88. The van der Waals surface area contributed by atoms with Gasteiger partial charge in [-0.05, 0) is 31.2 Å². The van der Waals surface area contributed by atoms with Crippen LogP contribution in [-0.2, 0) is 15.1 Å². The van der Waals surface area contributed by atoms with Crippen LogP contribution in [0.1, 0.15) is 38.2 Å². The Morgan fingerprint density at radius 3 is 2.71 bits per heavy atom. The minimum atomic E-state index is -1.02. The Labute approximate surface area is 101 Å². The number of esters is 1. The van der Waals surface area contributed by atoms with Crippen molar-refractivity contribution in [2.75, 3.05) is 0 Å². The highest BCUT2D eigenvalue weighted by atomic mass is 16.6. The fraction of sp³-hybridized carbons (Fsp3) is 0.500. The van der Waals surface area contributed by atoms with Gasteiger partial charge in [-0.3, -0.25) is 4.79 Å². The molecular formula is C14H18O3. The van der Waals surface area contributed by atoms with Gasteiger partial charge in [0.05, 0.1) is 0 Å². The van der Waals surface area contributed by atoms with Crippen LogP contribution in [0.15, 0.2) is 30.3 Å². The van der Waals surface area contributed by atoms with E-state index in [1.54, 1.807) is 0 Å². The Morgan fingerprint density at radius 2 is 2.06 bits per heavy atom. The zero-order valence-corrected chi connectivity index (χ0v) is 10.1. The van der Waals surface area contributed by atoms with E-state index in [-0.39, 0.29) is 5.97 Å². The summed E-state index contributed by atoms with van der Waals surface area (Å²) in [5.74, 6) is -0.328. The van der Waals surface area contributed by atoms with Crippen LogP contribution >= 0.6 is 0 Å². The quantitative estimate of drug-likeness (QED) is 0.799. The summed E-state index contributed by atoms with van der Waals surface area (Å²) in [5.41, 5.74) is -0.184. The molecule has 0 bridgehead atoms. The molecule has 1 aliphatic rings. The van der Waals surface area contributed by atoms with Crippen LogP contribution in [0.4, 0.5) is 0 Å². The van der Waals surface area contributed by atoms with E-state index in [4.69, 9.17) is 4.74 Å². The van der Waals surface area contributed by atoms with Crippen molar-refractivity contribution >= 4 is 5.97 Å². The number of carbonyl (C=O) groups excluding carboxylic acids is 1. The number of hydrogen-bond acceptors (Lipinski definition) is 3. The highest BCUT2D eigenvalue weighted by Gasteiger charge is 2.42. The summed E-state index contributed by atoms with van der Waals surface area (Å²) >= 11 is 0. The minimum absolute atomic E-state index is 0.328. The van der Waals surface area contributed by atoms with Gasteiger partial charge in [-0.2, -0.15) is 0 Å². The second-order valence-corrected chi connectivity index (χ2v) is 4.63. The lowest BCUT2D eigenvalue weighted by atomic mass is 9.77. The molecule has 1 saturated carbocycles. The topological polar surface area (TPSA) is 46.5 Å². The van der Waals surface area contributed by atoms with Crippen LogP contribution in [0.25, 0.3) is 0 Å². The summed E-state index contributed by atoms with van der Waals surface area (Å²) in [7, 11) is 0. The molecule has 17 heavy (non-hydrogen) atoms. The van der Waals surface area contributed by atoms with E-state index in [9.17, 15) is 9.90 Å². The van der Waals surface area contributed by atoms with Crippen molar-refractivity contribution in [3.8, 4) is 0 Å². The first-order chi connectivity index (χ1) is 8.13. The molecular weight excluding hydrogens is 216 g/mol. The Balaban J connectivity index is 2.28. The minimum Gasteiger partial charge on any atom is -0.459 e. The monoisotopic (exact) mass is 234 g/mol. The molecule has 3 heteroatoms. The Kier molecular flexibility index (Phi) is 3.48. The van der Waals surface area contributed by atoms with Gasteiger partial charge in [0.2, 0.25) is 0 Å². The van der Waals surface area contributed by atoms with Gasteiger partial charge in [-0.15, -0.1) is 0 Å². The lowest BCUT2D eigenvalue weighted by Crippen LogP contribution is -2.44. The molecule has 0 amide bonds. The van der Waals surface area contributed by atoms with E-state index in [2.05, 4.69) is 0 Å². The van der Waals surface area contributed by atoms with Gasteiger partial charge in [0.1, 0.15) is 11.7 Å². The molecule has 1 aromatic rings. The molecule has 0 radical (unpaired) electrons. The summed E-state index contributed by atoms with van der Waals surface area (Å²) in [6.45, 7) is 1.39. The molecule has 2 unspecified atom stereocenters. The molecule has 1 aliphatic carbocycles. The van der Waals surface area contributed by atoms with E-state index in [1.807, 2.05) is 30.3 Å². The first-order valence-corrected chi connectivity index (χ1v) is 6.08. The Bertz CT molecular complexity index is 388. The molecule has 2 rings (SSSR count). The van der Waals surface area contributed by atoms with Gasteiger partial charge < -0.3 is 9.84 Å². The first kappa shape index (κ1) is 12.1. The molecule has 3 nitrogen and oxygen atoms in total. The smallest absolute Gasteiger partial charge is 0.303 e. The van der Waals surface area contributed by atoms with Crippen LogP contribution in [0, 0.1) is 0 Å². The van der Waals surface area contributed by atoms with Gasteiger partial charge >= 0.3 is 5.97 Å². The summed E-state index contributed by atoms with van der Waals surface area (Å²) in [4.78, 5) is 11.1. The van der Waals surface area contributed by atoms with Crippen molar-refractivity contribution in [2.24, 2.45) is 0 Å². The predicted molar refractivity (Wildman–Crippen MR) is 64.4 cm³/mol. The molecule has 1 N–H and O–H groups in total. The normalized spacial score (nSPS) is 28.7. The van der Waals surface area contributed by atoms with E-state index in [0.29, 0.717) is 6.42 Å². The molecule has 0 aromatic heterocycles. The first-order valence-electron chi connectivity index (χ1n) is 6.08. The number of aliphatic hydroxyl groups is 1. The highest BCUT2D eigenvalue weighted by molar-refractivity contribution is 5.66. The third kappa shape index (κ3) is 2.50. The van der Waals surface area contributed by atoms with Crippen LogP contribution in [0.5, 0.6) is 0 Å². The zero-order chi connectivity index (χ0) is 12.3. The van der Waals surface area contributed by atoms with Crippen molar-refractivity contribution in [2.45, 2.75) is 44.3 Å². The second-order valence-electron chi connectivity index (χ2n) is 4.63. The Morgan fingerprint density at radius 1 is 1.35 bits per heavy atom. The van der Waals surface area contributed by atoms with E-state index >= 15 is 0 Å². The van der Waals surface area contributed by atoms with Crippen molar-refractivity contribution < 1.29 is 14.6 Å². The number of benzene rings is 1. The third-order valence-corrected chi connectivity index (χ3v) is 3.39. The van der Waals surface area contributed by atoms with Crippen molar-refractivity contribution in [3.05, 3.63) is 35.9 Å². The summed E-state index contributed by atoms with van der Waals surface area (Å²) in [6.07, 6.45) is 2.91. The highest BCUT2D eigenvalue weighted by Crippen LogP contribution is 2.38. The van der Waals surface area contributed by atoms with Crippen LogP contribution < -0.4 is 0 Å². The molecule has 1 fully saturated rings. The van der Waals surface area contributed by atoms with E-state index in [0.717, 1.165) is 24.8 Å². The lowest BCUT2D eigenvalue weighted by Gasteiger charge is -2.39. The molecule has 0 heterocycles. The number of hydrogen-bond donors (Lipinski definition) is 1. The molecule has 0 aliphatic heterocycles. The van der Waals surface area contributed by atoms with Crippen molar-refractivity contribution in [1.82, 2.24) is 0 Å².